The molecule has 0 bridgehead atoms. The zero-order valence-electron chi connectivity index (χ0n) is 14.2. The monoisotopic (exact) mass is 335 g/mol. The number of hydrogen-bond donors (Lipinski definition) is 0. The molecule has 2 aromatic heterocycles. The Bertz CT molecular complexity index is 1020. The van der Waals surface area contributed by atoms with Gasteiger partial charge in [0.25, 0.3) is 5.89 Å². The maximum atomic E-state index is 5.39. The first-order valence-corrected chi connectivity index (χ1v) is 7.99. The lowest BCUT2D eigenvalue weighted by Crippen LogP contribution is -2.02. The van der Waals surface area contributed by atoms with Gasteiger partial charge in [0.2, 0.25) is 5.82 Å². The molecule has 2 heterocycles. The molecular weight excluding hydrogens is 318 g/mol. The van der Waals surface area contributed by atoms with Crippen LogP contribution in [0.3, 0.4) is 0 Å². The van der Waals surface area contributed by atoms with E-state index in [9.17, 15) is 0 Å². The first kappa shape index (κ1) is 15.3. The lowest BCUT2D eigenvalue weighted by molar-refractivity contribution is 0.414. The topological polar surface area (TPSA) is 78.9 Å². The molecule has 0 N–H and O–H groups in total. The van der Waals surface area contributed by atoms with Crippen LogP contribution in [0.1, 0.15) is 19.9 Å². The van der Waals surface area contributed by atoms with Gasteiger partial charge in [-0.15, -0.1) is 5.10 Å². The number of aromatic nitrogens is 5. The van der Waals surface area contributed by atoms with Crippen molar-refractivity contribution in [2.75, 3.05) is 7.11 Å². The van der Waals surface area contributed by atoms with Crippen LogP contribution in [0.4, 0.5) is 0 Å². The van der Waals surface area contributed by atoms with E-state index in [0.29, 0.717) is 11.7 Å². The van der Waals surface area contributed by atoms with Gasteiger partial charge in [0.15, 0.2) is 0 Å². The molecule has 0 aliphatic carbocycles. The summed E-state index contributed by atoms with van der Waals surface area (Å²) >= 11 is 0. The van der Waals surface area contributed by atoms with Gasteiger partial charge in [0.1, 0.15) is 11.3 Å². The van der Waals surface area contributed by atoms with E-state index in [1.165, 1.54) is 0 Å². The first-order chi connectivity index (χ1) is 12.2. The van der Waals surface area contributed by atoms with E-state index >= 15 is 0 Å². The van der Waals surface area contributed by atoms with E-state index in [2.05, 4.69) is 34.3 Å². The number of ether oxygens (including phenoxy) is 1. The Labute approximate surface area is 144 Å². The third-order valence-corrected chi connectivity index (χ3v) is 3.98. The second-order valence-corrected chi connectivity index (χ2v) is 5.98. The summed E-state index contributed by atoms with van der Waals surface area (Å²) < 4.78 is 12.4. The molecule has 4 aromatic rings. The minimum Gasteiger partial charge on any atom is -0.497 e. The van der Waals surface area contributed by atoms with Crippen molar-refractivity contribution in [2.45, 2.75) is 19.9 Å². The zero-order chi connectivity index (χ0) is 17.4. The Kier molecular flexibility index (Phi) is 3.68. The Morgan fingerprint density at radius 1 is 1.04 bits per heavy atom. The maximum Gasteiger partial charge on any atom is 0.258 e. The van der Waals surface area contributed by atoms with E-state index in [4.69, 9.17) is 9.26 Å². The van der Waals surface area contributed by atoms with Crippen LogP contribution in [0.5, 0.6) is 5.75 Å². The number of nitrogens with zero attached hydrogens (tertiary/aromatic N) is 5. The molecule has 0 aliphatic rings. The minimum atomic E-state index is 0.252. The van der Waals surface area contributed by atoms with Gasteiger partial charge in [-0.3, -0.25) is 0 Å². The largest absolute Gasteiger partial charge is 0.497 e. The quantitative estimate of drug-likeness (QED) is 0.565. The van der Waals surface area contributed by atoms with Crippen molar-refractivity contribution in [1.29, 1.82) is 0 Å². The van der Waals surface area contributed by atoms with Crippen LogP contribution in [0, 0.1) is 0 Å². The highest BCUT2D eigenvalue weighted by Gasteiger charge is 2.13. The average Bonchev–Trinajstić information content (AvgIpc) is 3.28. The van der Waals surface area contributed by atoms with Crippen molar-refractivity contribution in [1.82, 2.24) is 25.1 Å². The standard InChI is InChI=1S/C18H17N5O2/c1-11(2)23-16-9-6-13(10-15(16)20-22-23)17-19-18(25-21-17)12-4-7-14(24-3)8-5-12/h4-11H,1-3H3. The number of fused-ring (bicyclic) bond motifs is 1. The number of hydrogen-bond acceptors (Lipinski definition) is 6. The summed E-state index contributed by atoms with van der Waals surface area (Å²) in [5.41, 5.74) is 3.47. The highest BCUT2D eigenvalue weighted by atomic mass is 16.5. The van der Waals surface area contributed by atoms with Crippen molar-refractivity contribution in [3.8, 4) is 28.6 Å². The predicted molar refractivity (Wildman–Crippen MR) is 93.2 cm³/mol. The van der Waals surface area contributed by atoms with E-state index in [-0.39, 0.29) is 6.04 Å². The van der Waals surface area contributed by atoms with E-state index in [0.717, 1.165) is 27.9 Å². The highest BCUT2D eigenvalue weighted by molar-refractivity contribution is 5.80. The smallest absolute Gasteiger partial charge is 0.258 e. The number of methoxy groups -OCH3 is 1. The van der Waals surface area contributed by atoms with E-state index < -0.39 is 0 Å². The summed E-state index contributed by atoms with van der Waals surface area (Å²) in [6, 6.07) is 13.6. The fraction of sp³-hybridized carbons (Fsp3) is 0.222. The van der Waals surface area contributed by atoms with Gasteiger partial charge in [-0.05, 0) is 56.3 Å². The lowest BCUT2D eigenvalue weighted by Gasteiger charge is -2.04. The number of rotatable bonds is 4. The van der Waals surface area contributed by atoms with Gasteiger partial charge in [-0.1, -0.05) is 10.4 Å². The van der Waals surface area contributed by atoms with Crippen molar-refractivity contribution >= 4 is 11.0 Å². The Morgan fingerprint density at radius 3 is 2.52 bits per heavy atom. The Balaban J connectivity index is 1.68. The van der Waals surface area contributed by atoms with Gasteiger partial charge in [-0.2, -0.15) is 4.98 Å². The molecule has 7 heteroatoms. The first-order valence-electron chi connectivity index (χ1n) is 7.99. The summed E-state index contributed by atoms with van der Waals surface area (Å²) in [6.07, 6.45) is 0. The van der Waals surface area contributed by atoms with Crippen LogP contribution >= 0.6 is 0 Å². The fourth-order valence-corrected chi connectivity index (χ4v) is 2.65. The van der Waals surface area contributed by atoms with Crippen LogP contribution in [0.25, 0.3) is 33.9 Å². The van der Waals surface area contributed by atoms with Crippen LogP contribution in [0.2, 0.25) is 0 Å². The van der Waals surface area contributed by atoms with Crippen LogP contribution < -0.4 is 4.74 Å². The Morgan fingerprint density at radius 2 is 1.80 bits per heavy atom. The molecule has 0 amide bonds. The third kappa shape index (κ3) is 2.73. The fourth-order valence-electron chi connectivity index (χ4n) is 2.65. The molecule has 25 heavy (non-hydrogen) atoms. The Hall–Kier alpha value is -3.22. The van der Waals surface area contributed by atoms with Crippen molar-refractivity contribution in [2.24, 2.45) is 0 Å². The van der Waals surface area contributed by atoms with Crippen molar-refractivity contribution < 1.29 is 9.26 Å². The molecule has 7 nitrogen and oxygen atoms in total. The molecule has 0 saturated carbocycles. The summed E-state index contributed by atoms with van der Waals surface area (Å²) in [4.78, 5) is 4.48. The third-order valence-electron chi connectivity index (χ3n) is 3.98. The summed E-state index contributed by atoms with van der Waals surface area (Å²) in [6.45, 7) is 4.14. The number of benzene rings is 2. The molecule has 0 atom stereocenters. The normalized spacial score (nSPS) is 11.4. The van der Waals surface area contributed by atoms with Gasteiger partial charge in [0, 0.05) is 17.2 Å². The molecule has 0 unspecified atom stereocenters. The van der Waals surface area contributed by atoms with Gasteiger partial charge >= 0.3 is 0 Å². The van der Waals surface area contributed by atoms with Gasteiger partial charge < -0.3 is 9.26 Å². The molecule has 4 rings (SSSR count). The van der Waals surface area contributed by atoms with Crippen LogP contribution in [0.15, 0.2) is 47.0 Å². The summed E-state index contributed by atoms with van der Waals surface area (Å²) in [5, 5.41) is 12.5. The van der Waals surface area contributed by atoms with Gasteiger partial charge in [-0.25, -0.2) is 4.68 Å². The second kappa shape index (κ2) is 6.01. The minimum absolute atomic E-state index is 0.252. The highest BCUT2D eigenvalue weighted by Crippen LogP contribution is 2.26. The van der Waals surface area contributed by atoms with Crippen molar-refractivity contribution in [3.05, 3.63) is 42.5 Å². The average molecular weight is 335 g/mol. The summed E-state index contributed by atoms with van der Waals surface area (Å²) in [7, 11) is 1.63. The predicted octanol–water partition coefficient (Wildman–Crippen LogP) is 3.74. The molecule has 0 saturated heterocycles. The van der Waals surface area contributed by atoms with Crippen LogP contribution in [-0.4, -0.2) is 32.2 Å². The molecule has 0 radical (unpaired) electrons. The second-order valence-electron chi connectivity index (χ2n) is 5.98. The maximum absolute atomic E-state index is 5.39. The molecular formula is C18H17N5O2. The van der Waals surface area contributed by atoms with Crippen molar-refractivity contribution in [3.63, 3.8) is 0 Å². The molecule has 126 valence electrons. The summed E-state index contributed by atoms with van der Waals surface area (Å²) in [5.74, 6) is 1.76. The molecule has 2 aromatic carbocycles. The van der Waals surface area contributed by atoms with Crippen LogP contribution in [-0.2, 0) is 0 Å². The van der Waals surface area contributed by atoms with E-state index in [1.807, 2.05) is 47.1 Å². The zero-order valence-corrected chi connectivity index (χ0v) is 14.2. The van der Waals surface area contributed by atoms with E-state index in [1.54, 1.807) is 7.11 Å². The van der Waals surface area contributed by atoms with Gasteiger partial charge in [0.05, 0.1) is 12.6 Å². The molecule has 0 fully saturated rings. The molecule has 0 spiro atoms. The lowest BCUT2D eigenvalue weighted by atomic mass is 10.2. The SMILES string of the molecule is COc1ccc(-c2nc(-c3ccc4c(c3)nnn4C(C)C)no2)cc1. The molecule has 0 aliphatic heterocycles.